The summed E-state index contributed by atoms with van der Waals surface area (Å²) in [5, 5.41) is 9.18. The fourth-order valence-electron chi connectivity index (χ4n) is 0.846. The van der Waals surface area contributed by atoms with Crippen molar-refractivity contribution in [2.75, 3.05) is 6.61 Å². The Morgan fingerprint density at radius 2 is 2.23 bits per heavy atom. The van der Waals surface area contributed by atoms with E-state index in [1.165, 1.54) is 6.07 Å². The van der Waals surface area contributed by atoms with Gasteiger partial charge in [-0.2, -0.15) is 4.39 Å². The lowest BCUT2D eigenvalue weighted by Crippen LogP contribution is -1.97. The van der Waals surface area contributed by atoms with Crippen molar-refractivity contribution in [1.29, 1.82) is 0 Å². The molecule has 0 fully saturated rings. The summed E-state index contributed by atoms with van der Waals surface area (Å²) in [7, 11) is 0. The quantitative estimate of drug-likeness (QED) is 0.891. The van der Waals surface area contributed by atoms with Gasteiger partial charge in [0, 0.05) is 0 Å². The highest BCUT2D eigenvalue weighted by atomic mass is 79.9. The highest BCUT2D eigenvalue weighted by Crippen LogP contribution is 2.32. The fourth-order valence-corrected chi connectivity index (χ4v) is 1.15. The molecule has 13 heavy (non-hydrogen) atoms. The Labute approximate surface area is 84.5 Å². The lowest BCUT2D eigenvalue weighted by molar-refractivity contribution is 0.294. The van der Waals surface area contributed by atoms with E-state index in [2.05, 4.69) is 15.9 Å². The summed E-state index contributed by atoms with van der Waals surface area (Å²) >= 11 is 3.00. The van der Waals surface area contributed by atoms with Gasteiger partial charge in [-0.3, -0.25) is 0 Å². The molecule has 0 heterocycles. The van der Waals surface area contributed by atoms with Crippen LogP contribution in [0, 0.1) is 5.82 Å². The van der Waals surface area contributed by atoms with Crippen LogP contribution < -0.4 is 4.74 Å². The van der Waals surface area contributed by atoms with Crippen LogP contribution in [0.4, 0.5) is 4.39 Å². The molecule has 0 atom stereocenters. The molecule has 2 nitrogen and oxygen atoms in total. The Hall–Kier alpha value is -0.770. The topological polar surface area (TPSA) is 29.5 Å². The maximum atomic E-state index is 13.2. The molecule has 1 aromatic rings. The first kappa shape index (κ1) is 10.3. The van der Waals surface area contributed by atoms with E-state index in [9.17, 15) is 9.50 Å². The SMILES string of the molecule is CCCOc1ccc(Br)c(O)c1F. The molecule has 0 spiro atoms. The molecule has 0 radical (unpaired) electrons. The second kappa shape index (κ2) is 4.46. The van der Waals surface area contributed by atoms with Crippen LogP contribution in [-0.2, 0) is 0 Å². The molecule has 1 rings (SSSR count). The van der Waals surface area contributed by atoms with Crippen molar-refractivity contribution in [1.82, 2.24) is 0 Å². The maximum absolute atomic E-state index is 13.2. The molecule has 1 N–H and O–H groups in total. The predicted octanol–water partition coefficient (Wildman–Crippen LogP) is 3.08. The van der Waals surface area contributed by atoms with Crippen molar-refractivity contribution in [3.05, 3.63) is 22.4 Å². The van der Waals surface area contributed by atoms with Crippen LogP contribution in [0.5, 0.6) is 11.5 Å². The van der Waals surface area contributed by atoms with Gasteiger partial charge in [-0.15, -0.1) is 0 Å². The lowest BCUT2D eigenvalue weighted by Gasteiger charge is -2.07. The van der Waals surface area contributed by atoms with Crippen molar-refractivity contribution in [3.8, 4) is 11.5 Å². The summed E-state index contributed by atoms with van der Waals surface area (Å²) in [5.41, 5.74) is 0. The van der Waals surface area contributed by atoms with Gasteiger partial charge in [0.2, 0.25) is 5.82 Å². The van der Waals surface area contributed by atoms with Gasteiger partial charge in [0.15, 0.2) is 11.5 Å². The number of rotatable bonds is 3. The summed E-state index contributed by atoms with van der Waals surface area (Å²) in [5.74, 6) is -1.04. The first-order chi connectivity index (χ1) is 6.16. The molecule has 0 aliphatic rings. The summed E-state index contributed by atoms with van der Waals surface area (Å²) < 4.78 is 18.6. The highest BCUT2D eigenvalue weighted by Gasteiger charge is 2.11. The van der Waals surface area contributed by atoms with E-state index in [0.29, 0.717) is 11.1 Å². The van der Waals surface area contributed by atoms with Crippen LogP contribution in [0.2, 0.25) is 0 Å². The van der Waals surface area contributed by atoms with Crippen molar-refractivity contribution >= 4 is 15.9 Å². The number of ether oxygens (including phenoxy) is 1. The Bertz CT molecular complexity index is 302. The van der Waals surface area contributed by atoms with Gasteiger partial charge in [0.1, 0.15) is 0 Å². The van der Waals surface area contributed by atoms with Gasteiger partial charge < -0.3 is 9.84 Å². The van der Waals surface area contributed by atoms with Crippen LogP contribution in [0.1, 0.15) is 13.3 Å². The van der Waals surface area contributed by atoms with Gasteiger partial charge in [-0.1, -0.05) is 6.92 Å². The highest BCUT2D eigenvalue weighted by molar-refractivity contribution is 9.10. The van der Waals surface area contributed by atoms with Crippen LogP contribution in [0.3, 0.4) is 0 Å². The molecule has 4 heteroatoms. The van der Waals surface area contributed by atoms with E-state index >= 15 is 0 Å². The van der Waals surface area contributed by atoms with E-state index in [-0.39, 0.29) is 5.75 Å². The molecule has 0 aliphatic heterocycles. The first-order valence-corrected chi connectivity index (χ1v) is 4.76. The van der Waals surface area contributed by atoms with E-state index in [1.54, 1.807) is 6.07 Å². The number of hydrogen-bond acceptors (Lipinski definition) is 2. The van der Waals surface area contributed by atoms with Crippen LogP contribution in [0.25, 0.3) is 0 Å². The molecule has 0 saturated heterocycles. The van der Waals surface area contributed by atoms with Gasteiger partial charge in [-0.25, -0.2) is 0 Å². The Balaban J connectivity index is 2.90. The van der Waals surface area contributed by atoms with Crippen LogP contribution >= 0.6 is 15.9 Å². The maximum Gasteiger partial charge on any atom is 0.207 e. The normalized spacial score (nSPS) is 10.1. The zero-order chi connectivity index (χ0) is 9.84. The Morgan fingerprint density at radius 1 is 1.54 bits per heavy atom. The van der Waals surface area contributed by atoms with Crippen molar-refractivity contribution in [3.63, 3.8) is 0 Å². The minimum Gasteiger partial charge on any atom is -0.504 e. The molecule has 1 aromatic carbocycles. The second-order valence-corrected chi connectivity index (χ2v) is 3.41. The smallest absolute Gasteiger partial charge is 0.207 e. The standard InChI is InChI=1S/C9H10BrFO2/c1-2-5-13-7-4-3-6(10)9(12)8(7)11/h3-4,12H,2,5H2,1H3. The number of aromatic hydroxyl groups is 1. The summed E-state index contributed by atoms with van der Waals surface area (Å²) in [4.78, 5) is 0. The van der Waals surface area contributed by atoms with Crippen LogP contribution in [-0.4, -0.2) is 11.7 Å². The van der Waals surface area contributed by atoms with Crippen molar-refractivity contribution < 1.29 is 14.2 Å². The fraction of sp³-hybridized carbons (Fsp3) is 0.333. The molecular weight excluding hydrogens is 239 g/mol. The Kier molecular flexibility index (Phi) is 3.54. The predicted molar refractivity (Wildman–Crippen MR) is 51.6 cm³/mol. The first-order valence-electron chi connectivity index (χ1n) is 3.96. The number of phenolic OH excluding ortho intramolecular Hbond substituents is 1. The molecule has 0 unspecified atom stereocenters. The monoisotopic (exact) mass is 248 g/mol. The largest absolute Gasteiger partial charge is 0.504 e. The molecule has 0 aliphatic carbocycles. The second-order valence-electron chi connectivity index (χ2n) is 2.56. The minimum absolute atomic E-state index is 0.0857. The third-order valence-corrected chi connectivity index (χ3v) is 2.13. The lowest BCUT2D eigenvalue weighted by atomic mass is 10.3. The molecular formula is C9H10BrFO2. The summed E-state index contributed by atoms with van der Waals surface area (Å²) in [6.07, 6.45) is 0.802. The van der Waals surface area contributed by atoms with Gasteiger partial charge in [0.05, 0.1) is 11.1 Å². The third kappa shape index (κ3) is 2.34. The minimum atomic E-state index is -0.720. The van der Waals surface area contributed by atoms with E-state index in [0.717, 1.165) is 6.42 Å². The average molecular weight is 249 g/mol. The summed E-state index contributed by atoms with van der Waals surface area (Å²) in [6.45, 7) is 2.37. The number of phenols is 1. The molecule has 0 aromatic heterocycles. The average Bonchev–Trinajstić information content (AvgIpc) is 2.13. The molecule has 0 amide bonds. The number of hydrogen-bond donors (Lipinski definition) is 1. The Morgan fingerprint density at radius 3 is 2.85 bits per heavy atom. The van der Waals surface area contributed by atoms with Gasteiger partial charge >= 0.3 is 0 Å². The van der Waals surface area contributed by atoms with Crippen molar-refractivity contribution in [2.24, 2.45) is 0 Å². The third-order valence-electron chi connectivity index (χ3n) is 1.49. The van der Waals surface area contributed by atoms with E-state index in [1.807, 2.05) is 6.92 Å². The number of benzene rings is 1. The number of halogens is 2. The van der Waals surface area contributed by atoms with Crippen LogP contribution in [0.15, 0.2) is 16.6 Å². The summed E-state index contributed by atoms with van der Waals surface area (Å²) in [6, 6.07) is 3.03. The van der Waals surface area contributed by atoms with Crippen molar-refractivity contribution in [2.45, 2.75) is 13.3 Å². The zero-order valence-electron chi connectivity index (χ0n) is 7.18. The van der Waals surface area contributed by atoms with E-state index in [4.69, 9.17) is 4.74 Å². The zero-order valence-corrected chi connectivity index (χ0v) is 8.77. The van der Waals surface area contributed by atoms with Gasteiger partial charge in [-0.05, 0) is 34.5 Å². The van der Waals surface area contributed by atoms with E-state index < -0.39 is 11.6 Å². The molecule has 0 saturated carbocycles. The molecule has 72 valence electrons. The van der Waals surface area contributed by atoms with Gasteiger partial charge in [0.25, 0.3) is 0 Å². The molecule has 0 bridgehead atoms.